The standard InChI is InChI=1S/C14H16O5/c1-9-2-4-10(5-3-9)18-14(15)19-13-8-17-12-7-16-6-11(12)13/h2-5,11-13H,6-8H2,1H3/t11-,12+,13+/m1/s1. The van der Waals surface area contributed by atoms with Crippen molar-refractivity contribution in [3.8, 4) is 5.75 Å². The Labute approximate surface area is 111 Å². The van der Waals surface area contributed by atoms with Gasteiger partial charge in [0, 0.05) is 0 Å². The van der Waals surface area contributed by atoms with Crippen LogP contribution in [0, 0.1) is 12.8 Å². The Morgan fingerprint density at radius 1 is 1.21 bits per heavy atom. The molecule has 2 fully saturated rings. The van der Waals surface area contributed by atoms with Gasteiger partial charge in [-0.3, -0.25) is 0 Å². The van der Waals surface area contributed by atoms with E-state index in [4.69, 9.17) is 18.9 Å². The van der Waals surface area contributed by atoms with E-state index in [1.165, 1.54) is 0 Å². The fourth-order valence-corrected chi connectivity index (χ4v) is 2.38. The highest BCUT2D eigenvalue weighted by molar-refractivity contribution is 5.64. The first-order chi connectivity index (χ1) is 9.22. The minimum atomic E-state index is -0.690. The highest BCUT2D eigenvalue weighted by Gasteiger charge is 2.43. The molecule has 3 rings (SSSR count). The van der Waals surface area contributed by atoms with Crippen molar-refractivity contribution in [1.29, 1.82) is 0 Å². The van der Waals surface area contributed by atoms with Crippen LogP contribution in [0.3, 0.4) is 0 Å². The van der Waals surface area contributed by atoms with Crippen molar-refractivity contribution in [2.45, 2.75) is 19.1 Å². The molecule has 0 N–H and O–H groups in total. The highest BCUT2D eigenvalue weighted by atomic mass is 16.7. The second-order valence-electron chi connectivity index (χ2n) is 4.89. The molecule has 0 saturated carbocycles. The average molecular weight is 264 g/mol. The van der Waals surface area contributed by atoms with Gasteiger partial charge in [0.25, 0.3) is 0 Å². The van der Waals surface area contributed by atoms with Gasteiger partial charge < -0.3 is 18.9 Å². The van der Waals surface area contributed by atoms with Crippen molar-refractivity contribution in [2.24, 2.45) is 5.92 Å². The molecule has 102 valence electrons. The van der Waals surface area contributed by atoms with E-state index in [9.17, 15) is 4.79 Å². The van der Waals surface area contributed by atoms with E-state index < -0.39 is 6.16 Å². The van der Waals surface area contributed by atoms with Crippen molar-refractivity contribution in [3.05, 3.63) is 29.8 Å². The number of carbonyl (C=O) groups excluding carboxylic acids is 1. The molecular weight excluding hydrogens is 248 g/mol. The summed E-state index contributed by atoms with van der Waals surface area (Å²) < 4.78 is 21.2. The predicted octanol–water partition coefficient (Wildman–Crippen LogP) is 1.92. The molecule has 1 aromatic carbocycles. The van der Waals surface area contributed by atoms with Gasteiger partial charge in [-0.25, -0.2) is 4.79 Å². The molecule has 0 bridgehead atoms. The monoisotopic (exact) mass is 264 g/mol. The van der Waals surface area contributed by atoms with Crippen LogP contribution >= 0.6 is 0 Å². The molecule has 19 heavy (non-hydrogen) atoms. The Morgan fingerprint density at radius 3 is 2.79 bits per heavy atom. The van der Waals surface area contributed by atoms with Crippen molar-refractivity contribution < 1.29 is 23.7 Å². The number of hydrogen-bond acceptors (Lipinski definition) is 5. The summed E-state index contributed by atoms with van der Waals surface area (Å²) >= 11 is 0. The van der Waals surface area contributed by atoms with E-state index in [-0.39, 0.29) is 18.1 Å². The molecule has 1 aromatic rings. The maximum absolute atomic E-state index is 11.7. The van der Waals surface area contributed by atoms with Crippen molar-refractivity contribution >= 4 is 6.16 Å². The van der Waals surface area contributed by atoms with Gasteiger partial charge in [0.15, 0.2) is 0 Å². The van der Waals surface area contributed by atoms with Crippen LogP contribution in [0.5, 0.6) is 5.75 Å². The van der Waals surface area contributed by atoms with Gasteiger partial charge in [0.2, 0.25) is 0 Å². The SMILES string of the molecule is Cc1ccc(OC(=O)O[C@H]2CO[C@H]3COC[C@H]32)cc1. The third-order valence-corrected chi connectivity index (χ3v) is 3.49. The molecule has 2 aliphatic heterocycles. The first-order valence-electron chi connectivity index (χ1n) is 6.37. The number of aryl methyl sites for hydroxylation is 1. The van der Waals surface area contributed by atoms with Gasteiger partial charge in [-0.05, 0) is 19.1 Å². The molecule has 2 saturated heterocycles. The number of hydrogen-bond donors (Lipinski definition) is 0. The summed E-state index contributed by atoms with van der Waals surface area (Å²) in [5.74, 6) is 0.610. The van der Waals surface area contributed by atoms with Crippen LogP contribution in [0.25, 0.3) is 0 Å². The van der Waals surface area contributed by atoms with Crippen LogP contribution in [0.2, 0.25) is 0 Å². The third kappa shape index (κ3) is 2.72. The summed E-state index contributed by atoms with van der Waals surface area (Å²) in [4.78, 5) is 11.7. The fourth-order valence-electron chi connectivity index (χ4n) is 2.38. The van der Waals surface area contributed by atoms with Crippen molar-refractivity contribution in [3.63, 3.8) is 0 Å². The minimum Gasteiger partial charge on any atom is -0.428 e. The molecule has 2 aliphatic rings. The number of fused-ring (bicyclic) bond motifs is 1. The molecule has 0 unspecified atom stereocenters. The Balaban J connectivity index is 1.55. The third-order valence-electron chi connectivity index (χ3n) is 3.49. The quantitative estimate of drug-likeness (QED) is 0.603. The molecular formula is C14H16O5. The summed E-state index contributed by atoms with van der Waals surface area (Å²) in [5, 5.41) is 0. The largest absolute Gasteiger partial charge is 0.514 e. The van der Waals surface area contributed by atoms with Crippen LogP contribution < -0.4 is 4.74 Å². The molecule has 0 radical (unpaired) electrons. The van der Waals surface area contributed by atoms with E-state index >= 15 is 0 Å². The highest BCUT2D eigenvalue weighted by Crippen LogP contribution is 2.29. The van der Waals surface area contributed by atoms with E-state index in [1.807, 2.05) is 19.1 Å². The fraction of sp³-hybridized carbons (Fsp3) is 0.500. The first kappa shape index (κ1) is 12.4. The molecule has 5 heteroatoms. The van der Waals surface area contributed by atoms with E-state index in [2.05, 4.69) is 0 Å². The maximum Gasteiger partial charge on any atom is 0.514 e. The molecule has 2 heterocycles. The van der Waals surface area contributed by atoms with E-state index in [1.54, 1.807) is 12.1 Å². The molecule has 0 aliphatic carbocycles. The predicted molar refractivity (Wildman–Crippen MR) is 66.1 cm³/mol. The van der Waals surface area contributed by atoms with Gasteiger partial charge in [-0.1, -0.05) is 17.7 Å². The number of rotatable bonds is 2. The maximum atomic E-state index is 11.7. The topological polar surface area (TPSA) is 54.0 Å². The zero-order valence-electron chi connectivity index (χ0n) is 10.7. The minimum absolute atomic E-state index is 0.0529. The molecule has 5 nitrogen and oxygen atoms in total. The van der Waals surface area contributed by atoms with Crippen LogP contribution in [0.15, 0.2) is 24.3 Å². The summed E-state index contributed by atoms with van der Waals surface area (Å²) in [6.07, 6.45) is -0.910. The number of ether oxygens (including phenoxy) is 4. The lowest BCUT2D eigenvalue weighted by atomic mass is 10.0. The Bertz CT molecular complexity index is 455. The van der Waals surface area contributed by atoms with Gasteiger partial charge in [0.1, 0.15) is 11.9 Å². The summed E-state index contributed by atoms with van der Waals surface area (Å²) in [7, 11) is 0. The summed E-state index contributed by atoms with van der Waals surface area (Å²) in [5.41, 5.74) is 1.11. The molecule has 0 aromatic heterocycles. The zero-order chi connectivity index (χ0) is 13.2. The number of benzene rings is 1. The lowest BCUT2D eigenvalue weighted by Crippen LogP contribution is -2.29. The average Bonchev–Trinajstić information content (AvgIpc) is 2.97. The normalized spacial score (nSPS) is 29.0. The van der Waals surface area contributed by atoms with Crippen molar-refractivity contribution in [1.82, 2.24) is 0 Å². The van der Waals surface area contributed by atoms with Crippen LogP contribution in [-0.4, -0.2) is 38.2 Å². The molecule has 0 amide bonds. The van der Waals surface area contributed by atoms with Gasteiger partial charge in [-0.15, -0.1) is 0 Å². The second-order valence-corrected chi connectivity index (χ2v) is 4.89. The number of carbonyl (C=O) groups is 1. The van der Waals surface area contributed by atoms with E-state index in [0.29, 0.717) is 25.6 Å². The summed E-state index contributed by atoms with van der Waals surface area (Å²) in [6.45, 7) is 3.55. The first-order valence-corrected chi connectivity index (χ1v) is 6.37. The Morgan fingerprint density at radius 2 is 2.00 bits per heavy atom. The smallest absolute Gasteiger partial charge is 0.428 e. The van der Waals surface area contributed by atoms with Crippen LogP contribution in [-0.2, 0) is 14.2 Å². The van der Waals surface area contributed by atoms with E-state index in [0.717, 1.165) is 5.56 Å². The molecule has 3 atom stereocenters. The van der Waals surface area contributed by atoms with Gasteiger partial charge >= 0.3 is 6.16 Å². The lowest BCUT2D eigenvalue weighted by Gasteiger charge is -2.15. The van der Waals surface area contributed by atoms with Gasteiger partial charge in [0.05, 0.1) is 31.8 Å². The lowest BCUT2D eigenvalue weighted by molar-refractivity contribution is 0.0157. The Kier molecular flexibility index (Phi) is 3.40. The van der Waals surface area contributed by atoms with Crippen LogP contribution in [0.4, 0.5) is 4.79 Å². The van der Waals surface area contributed by atoms with Crippen molar-refractivity contribution in [2.75, 3.05) is 19.8 Å². The summed E-state index contributed by atoms with van der Waals surface area (Å²) in [6, 6.07) is 7.23. The zero-order valence-corrected chi connectivity index (χ0v) is 10.7. The van der Waals surface area contributed by atoms with Crippen LogP contribution in [0.1, 0.15) is 5.56 Å². The second kappa shape index (κ2) is 5.19. The Hall–Kier alpha value is -1.59. The molecule has 0 spiro atoms. The van der Waals surface area contributed by atoms with Gasteiger partial charge in [-0.2, -0.15) is 0 Å².